The molecule has 19 heavy (non-hydrogen) atoms. The van der Waals surface area contributed by atoms with Crippen molar-refractivity contribution < 1.29 is 0 Å². The Hall–Kier alpha value is -1.94. The van der Waals surface area contributed by atoms with Gasteiger partial charge in [-0.2, -0.15) is 0 Å². The summed E-state index contributed by atoms with van der Waals surface area (Å²) in [7, 11) is 4.00. The van der Waals surface area contributed by atoms with Gasteiger partial charge in [-0.1, -0.05) is 6.07 Å². The predicted molar refractivity (Wildman–Crippen MR) is 78.1 cm³/mol. The molecule has 0 amide bonds. The van der Waals surface area contributed by atoms with E-state index >= 15 is 0 Å². The van der Waals surface area contributed by atoms with E-state index in [0.29, 0.717) is 0 Å². The molecule has 0 aromatic carbocycles. The Morgan fingerprint density at radius 3 is 2.53 bits per heavy atom. The predicted octanol–water partition coefficient (Wildman–Crippen LogP) is 2.14. The first-order valence-electron chi connectivity index (χ1n) is 6.42. The largest absolute Gasteiger partial charge is 0.355 e. The molecule has 0 atom stereocenters. The standard InChI is InChI=1S/C15H20N4/c1-12-14(10-16-2)4-5-15(18-12)19(3)11-13-6-8-17-9-7-13/h4-9,16H,10-11H2,1-3H3. The van der Waals surface area contributed by atoms with Crippen LogP contribution in [0.1, 0.15) is 16.8 Å². The molecule has 2 aromatic rings. The van der Waals surface area contributed by atoms with E-state index in [4.69, 9.17) is 0 Å². The Bertz CT molecular complexity index is 525. The third-order valence-electron chi connectivity index (χ3n) is 3.11. The molecule has 100 valence electrons. The lowest BCUT2D eigenvalue weighted by Crippen LogP contribution is -2.18. The maximum atomic E-state index is 4.66. The summed E-state index contributed by atoms with van der Waals surface area (Å²) >= 11 is 0. The van der Waals surface area contributed by atoms with Gasteiger partial charge in [0, 0.05) is 38.2 Å². The van der Waals surface area contributed by atoms with Crippen LogP contribution in [0.4, 0.5) is 5.82 Å². The third-order valence-corrected chi connectivity index (χ3v) is 3.11. The zero-order chi connectivity index (χ0) is 13.7. The second-order valence-corrected chi connectivity index (χ2v) is 4.66. The fraction of sp³-hybridized carbons (Fsp3) is 0.333. The summed E-state index contributed by atoms with van der Waals surface area (Å²) in [6, 6.07) is 8.26. The molecular formula is C15H20N4. The van der Waals surface area contributed by atoms with Gasteiger partial charge >= 0.3 is 0 Å². The summed E-state index contributed by atoms with van der Waals surface area (Å²) in [4.78, 5) is 10.8. The van der Waals surface area contributed by atoms with Crippen molar-refractivity contribution in [2.24, 2.45) is 0 Å². The van der Waals surface area contributed by atoms with Crippen molar-refractivity contribution in [2.75, 3.05) is 19.0 Å². The first-order valence-corrected chi connectivity index (χ1v) is 6.42. The molecule has 0 fully saturated rings. The maximum Gasteiger partial charge on any atom is 0.128 e. The van der Waals surface area contributed by atoms with Crippen LogP contribution in [0, 0.1) is 6.92 Å². The molecule has 4 heteroatoms. The van der Waals surface area contributed by atoms with Gasteiger partial charge in [0.25, 0.3) is 0 Å². The first kappa shape index (κ1) is 13.5. The van der Waals surface area contributed by atoms with Crippen molar-refractivity contribution in [3.8, 4) is 0 Å². The smallest absolute Gasteiger partial charge is 0.128 e. The van der Waals surface area contributed by atoms with Crippen molar-refractivity contribution in [1.82, 2.24) is 15.3 Å². The summed E-state index contributed by atoms with van der Waals surface area (Å²) < 4.78 is 0. The number of aromatic nitrogens is 2. The van der Waals surface area contributed by atoms with E-state index < -0.39 is 0 Å². The lowest BCUT2D eigenvalue weighted by atomic mass is 10.2. The Labute approximate surface area is 114 Å². The van der Waals surface area contributed by atoms with Crippen LogP contribution in [-0.2, 0) is 13.1 Å². The molecule has 1 N–H and O–H groups in total. The van der Waals surface area contributed by atoms with Gasteiger partial charge in [-0.3, -0.25) is 4.98 Å². The summed E-state index contributed by atoms with van der Waals surface area (Å²) in [6.07, 6.45) is 3.63. The van der Waals surface area contributed by atoms with Crippen LogP contribution in [-0.4, -0.2) is 24.1 Å². The van der Waals surface area contributed by atoms with Gasteiger partial charge in [-0.25, -0.2) is 4.98 Å². The molecule has 4 nitrogen and oxygen atoms in total. The Kier molecular flexibility index (Phi) is 4.47. The minimum atomic E-state index is 0.834. The number of nitrogens with one attached hydrogen (secondary N) is 1. The van der Waals surface area contributed by atoms with Gasteiger partial charge in [-0.15, -0.1) is 0 Å². The molecule has 2 heterocycles. The minimum Gasteiger partial charge on any atom is -0.355 e. The van der Waals surface area contributed by atoms with Gasteiger partial charge in [0.05, 0.1) is 0 Å². The Balaban J connectivity index is 2.11. The lowest BCUT2D eigenvalue weighted by Gasteiger charge is -2.19. The second-order valence-electron chi connectivity index (χ2n) is 4.66. The molecule has 2 rings (SSSR count). The van der Waals surface area contributed by atoms with Crippen LogP contribution in [0.3, 0.4) is 0 Å². The summed E-state index contributed by atoms with van der Waals surface area (Å²) in [5, 5.41) is 3.15. The number of pyridine rings is 2. The quantitative estimate of drug-likeness (QED) is 0.890. The van der Waals surface area contributed by atoms with Crippen LogP contribution in [0.15, 0.2) is 36.7 Å². The zero-order valence-electron chi connectivity index (χ0n) is 11.7. The van der Waals surface area contributed by atoms with E-state index in [-0.39, 0.29) is 0 Å². The van der Waals surface area contributed by atoms with E-state index in [0.717, 1.165) is 24.6 Å². The molecule has 0 unspecified atom stereocenters. The Morgan fingerprint density at radius 1 is 1.16 bits per heavy atom. The molecule has 2 aromatic heterocycles. The van der Waals surface area contributed by atoms with Crippen molar-refractivity contribution in [3.63, 3.8) is 0 Å². The fourth-order valence-corrected chi connectivity index (χ4v) is 2.01. The first-order chi connectivity index (χ1) is 9.20. The molecule has 0 aliphatic heterocycles. The molecule has 0 radical (unpaired) electrons. The van der Waals surface area contributed by atoms with Gasteiger partial charge < -0.3 is 10.2 Å². The molecule has 0 spiro atoms. The number of nitrogens with zero attached hydrogens (tertiary/aromatic N) is 3. The molecule has 0 aliphatic rings. The number of hydrogen-bond donors (Lipinski definition) is 1. The van der Waals surface area contributed by atoms with Gasteiger partial charge in [0.2, 0.25) is 0 Å². The average molecular weight is 256 g/mol. The van der Waals surface area contributed by atoms with Crippen molar-refractivity contribution in [3.05, 3.63) is 53.5 Å². The maximum absolute atomic E-state index is 4.66. The highest BCUT2D eigenvalue weighted by Crippen LogP contribution is 2.15. The average Bonchev–Trinajstić information content (AvgIpc) is 2.42. The normalized spacial score (nSPS) is 10.5. The van der Waals surface area contributed by atoms with Gasteiger partial charge in [0.15, 0.2) is 0 Å². The van der Waals surface area contributed by atoms with Gasteiger partial charge in [-0.05, 0) is 43.3 Å². The summed E-state index contributed by atoms with van der Waals surface area (Å²) in [5.41, 5.74) is 3.55. The van der Waals surface area contributed by atoms with E-state index in [9.17, 15) is 0 Å². The number of aryl methyl sites for hydroxylation is 1. The highest BCUT2D eigenvalue weighted by Gasteiger charge is 2.06. The zero-order valence-corrected chi connectivity index (χ0v) is 11.7. The van der Waals surface area contributed by atoms with Crippen LogP contribution in [0.25, 0.3) is 0 Å². The van der Waals surface area contributed by atoms with Crippen molar-refractivity contribution in [2.45, 2.75) is 20.0 Å². The van der Waals surface area contributed by atoms with Crippen molar-refractivity contribution in [1.29, 1.82) is 0 Å². The van der Waals surface area contributed by atoms with E-state index in [1.165, 1.54) is 11.1 Å². The van der Waals surface area contributed by atoms with Crippen molar-refractivity contribution >= 4 is 5.82 Å². The monoisotopic (exact) mass is 256 g/mol. The topological polar surface area (TPSA) is 41.0 Å². The highest BCUT2D eigenvalue weighted by molar-refractivity contribution is 5.41. The number of hydrogen-bond acceptors (Lipinski definition) is 4. The van der Waals surface area contributed by atoms with E-state index in [1.807, 2.05) is 31.6 Å². The van der Waals surface area contributed by atoms with Crippen LogP contribution in [0.5, 0.6) is 0 Å². The highest BCUT2D eigenvalue weighted by atomic mass is 15.2. The van der Waals surface area contributed by atoms with Gasteiger partial charge in [0.1, 0.15) is 5.82 Å². The number of rotatable bonds is 5. The molecule has 0 saturated heterocycles. The number of anilines is 1. The van der Waals surface area contributed by atoms with Crippen LogP contribution >= 0.6 is 0 Å². The van der Waals surface area contributed by atoms with Crippen LogP contribution in [0.2, 0.25) is 0 Å². The second kappa shape index (κ2) is 6.29. The Morgan fingerprint density at radius 2 is 1.89 bits per heavy atom. The van der Waals surface area contributed by atoms with E-state index in [2.05, 4.69) is 46.3 Å². The van der Waals surface area contributed by atoms with E-state index in [1.54, 1.807) is 0 Å². The molecular weight excluding hydrogens is 236 g/mol. The molecule has 0 saturated carbocycles. The van der Waals surface area contributed by atoms with Crippen LogP contribution < -0.4 is 10.2 Å². The SMILES string of the molecule is CNCc1ccc(N(C)Cc2ccncc2)nc1C. The summed E-state index contributed by atoms with van der Waals surface area (Å²) in [5.74, 6) is 0.995. The fourth-order valence-electron chi connectivity index (χ4n) is 2.01. The molecule has 0 aliphatic carbocycles. The summed E-state index contributed by atoms with van der Waals surface area (Å²) in [6.45, 7) is 3.74. The molecule has 0 bridgehead atoms. The third kappa shape index (κ3) is 3.51. The minimum absolute atomic E-state index is 0.834. The lowest BCUT2D eigenvalue weighted by molar-refractivity contribution is 0.800.